The molecule has 268 valence electrons. The van der Waals surface area contributed by atoms with Crippen LogP contribution < -0.4 is 39.7 Å². The van der Waals surface area contributed by atoms with Gasteiger partial charge in [0.2, 0.25) is 0 Å². The molecule has 0 heterocycles. The zero-order valence-electron chi connectivity index (χ0n) is 30.0. The fourth-order valence-corrected chi connectivity index (χ4v) is 5.34. The number of nitrogens with one attached hydrogen (secondary N) is 1. The van der Waals surface area contributed by atoms with Crippen LogP contribution in [0.1, 0.15) is 37.6 Å². The summed E-state index contributed by atoms with van der Waals surface area (Å²) in [4.78, 5) is 11.1. The number of hydrogen-bond acceptors (Lipinski definition) is 9. The number of ether oxygens (including phenoxy) is 1. The summed E-state index contributed by atoms with van der Waals surface area (Å²) in [5.41, 5.74) is 40.8. The second kappa shape index (κ2) is 18.4. The topological polar surface area (TPSA) is 194 Å². The van der Waals surface area contributed by atoms with Gasteiger partial charge in [-0.2, -0.15) is 0 Å². The Morgan fingerprint density at radius 2 is 0.865 bits per heavy atom. The highest BCUT2D eigenvalue weighted by Gasteiger charge is 2.06. The quantitative estimate of drug-likeness (QED) is 0.0679. The monoisotopic (exact) mass is 695 g/mol. The molecule has 7 aromatic rings. The van der Waals surface area contributed by atoms with Crippen LogP contribution in [0.4, 0.5) is 39.8 Å². The van der Waals surface area contributed by atoms with E-state index in [1.54, 1.807) is 31.2 Å². The number of nitrogen functional groups attached to an aromatic ring is 6. The lowest BCUT2D eigenvalue weighted by atomic mass is 10.1. The molecule has 9 nitrogen and oxygen atoms in total. The summed E-state index contributed by atoms with van der Waals surface area (Å²) in [5.74, 6) is -0.308. The van der Waals surface area contributed by atoms with Crippen LogP contribution in [0.2, 0.25) is 0 Å². The van der Waals surface area contributed by atoms with E-state index >= 15 is 0 Å². The van der Waals surface area contributed by atoms with Crippen molar-refractivity contribution in [2.75, 3.05) is 46.3 Å². The predicted octanol–water partition coefficient (Wildman–Crippen LogP) is 9.09. The molecule has 0 fully saturated rings. The van der Waals surface area contributed by atoms with Crippen molar-refractivity contribution in [3.05, 3.63) is 139 Å². The van der Waals surface area contributed by atoms with E-state index in [0.29, 0.717) is 23.9 Å². The van der Waals surface area contributed by atoms with Crippen LogP contribution in [0, 0.1) is 0 Å². The Labute approximate surface area is 305 Å². The van der Waals surface area contributed by atoms with Crippen molar-refractivity contribution in [3.63, 3.8) is 0 Å². The highest BCUT2D eigenvalue weighted by molar-refractivity contribution is 6.02. The Hall–Kier alpha value is -6.61. The number of hydrogen-bond donors (Lipinski definition) is 7. The van der Waals surface area contributed by atoms with Gasteiger partial charge in [-0.15, -0.1) is 0 Å². The van der Waals surface area contributed by atoms with E-state index < -0.39 is 0 Å². The minimum Gasteiger partial charge on any atom is -0.462 e. The molecule has 0 amide bonds. The first-order valence-electron chi connectivity index (χ1n) is 17.2. The van der Waals surface area contributed by atoms with E-state index in [9.17, 15) is 4.79 Å². The fraction of sp³-hybridized carbons (Fsp3) is 0.140. The number of carbonyl (C=O) groups is 1. The molecule has 0 saturated carbocycles. The van der Waals surface area contributed by atoms with Crippen LogP contribution in [0.25, 0.3) is 32.3 Å². The van der Waals surface area contributed by atoms with E-state index in [1.807, 2.05) is 91.0 Å². The first-order chi connectivity index (χ1) is 25.0. The van der Waals surface area contributed by atoms with Crippen molar-refractivity contribution in [3.8, 4) is 0 Å². The maximum atomic E-state index is 11.1. The average Bonchev–Trinajstić information content (AvgIpc) is 3.17. The molecule has 52 heavy (non-hydrogen) atoms. The highest BCUT2D eigenvalue weighted by Crippen LogP contribution is 2.29. The fourth-order valence-electron chi connectivity index (χ4n) is 5.34. The minimum absolute atomic E-state index is 0.308. The summed E-state index contributed by atoms with van der Waals surface area (Å²) in [6.45, 7) is 6.53. The third-order valence-electron chi connectivity index (χ3n) is 8.38. The van der Waals surface area contributed by atoms with Crippen molar-refractivity contribution >= 4 is 78.1 Å². The molecule has 13 N–H and O–H groups in total. The maximum Gasteiger partial charge on any atom is 0.338 e. The largest absolute Gasteiger partial charge is 0.462 e. The van der Waals surface area contributed by atoms with Crippen LogP contribution in [-0.2, 0) is 4.74 Å². The number of rotatable bonds is 5. The molecule has 0 spiro atoms. The van der Waals surface area contributed by atoms with Gasteiger partial charge in [0.15, 0.2) is 0 Å². The average molecular weight is 696 g/mol. The molecular formula is C43H49N7O2. The molecule has 1 atom stereocenters. The molecule has 0 aromatic heterocycles. The molecule has 0 aliphatic rings. The summed E-state index contributed by atoms with van der Waals surface area (Å²) in [5, 5.41) is 9.93. The SMILES string of the molecule is CCC(C)Nc1ccc(N)c2ccccc12.CCOC(=O)c1ccc(N)cc1.Nc1ccc(N)c2ccccc12.Nc1ccc(N)c2ccccc12. The van der Waals surface area contributed by atoms with Crippen molar-refractivity contribution in [1.82, 2.24) is 0 Å². The molecule has 0 aliphatic carbocycles. The Kier molecular flexibility index (Phi) is 13.5. The third kappa shape index (κ3) is 9.98. The number of esters is 1. The number of carbonyl (C=O) groups excluding carboxylic acids is 1. The van der Waals surface area contributed by atoms with Crippen molar-refractivity contribution < 1.29 is 9.53 Å². The maximum absolute atomic E-state index is 11.1. The van der Waals surface area contributed by atoms with E-state index in [-0.39, 0.29) is 5.97 Å². The first-order valence-corrected chi connectivity index (χ1v) is 17.2. The van der Waals surface area contributed by atoms with E-state index in [0.717, 1.165) is 61.8 Å². The van der Waals surface area contributed by atoms with Gasteiger partial charge < -0.3 is 44.5 Å². The predicted molar refractivity (Wildman–Crippen MR) is 224 cm³/mol. The first kappa shape index (κ1) is 38.2. The second-order valence-electron chi connectivity index (χ2n) is 12.1. The molecular weight excluding hydrogens is 647 g/mol. The zero-order chi connectivity index (χ0) is 37.6. The Balaban J connectivity index is 0.000000156. The van der Waals surface area contributed by atoms with Crippen molar-refractivity contribution in [2.24, 2.45) is 0 Å². The second-order valence-corrected chi connectivity index (χ2v) is 12.1. The molecule has 0 bridgehead atoms. The Bertz CT molecular complexity index is 2070. The minimum atomic E-state index is -0.308. The van der Waals surface area contributed by atoms with E-state index in [1.165, 1.54) is 11.1 Å². The van der Waals surface area contributed by atoms with Gasteiger partial charge in [-0.05, 0) is 80.9 Å². The van der Waals surface area contributed by atoms with Crippen molar-refractivity contribution in [2.45, 2.75) is 33.2 Å². The van der Waals surface area contributed by atoms with Crippen LogP contribution in [-0.4, -0.2) is 18.6 Å². The molecule has 7 rings (SSSR count). The lowest BCUT2D eigenvalue weighted by Crippen LogP contribution is -2.13. The lowest BCUT2D eigenvalue weighted by Gasteiger charge is -2.16. The Morgan fingerprint density at radius 3 is 1.23 bits per heavy atom. The summed E-state index contributed by atoms with van der Waals surface area (Å²) >= 11 is 0. The van der Waals surface area contributed by atoms with Gasteiger partial charge in [0.05, 0.1) is 12.2 Å². The summed E-state index contributed by atoms with van der Waals surface area (Å²) in [6, 6.07) is 42.4. The van der Waals surface area contributed by atoms with Crippen LogP contribution in [0.5, 0.6) is 0 Å². The van der Waals surface area contributed by atoms with Crippen LogP contribution in [0.15, 0.2) is 133 Å². The summed E-state index contributed by atoms with van der Waals surface area (Å²) in [6.07, 6.45) is 1.11. The molecule has 0 radical (unpaired) electrons. The van der Waals surface area contributed by atoms with E-state index in [4.69, 9.17) is 39.1 Å². The number of fused-ring (bicyclic) bond motifs is 3. The number of benzene rings is 7. The van der Waals surface area contributed by atoms with Gasteiger partial charge in [0.1, 0.15) is 0 Å². The van der Waals surface area contributed by atoms with Crippen molar-refractivity contribution in [1.29, 1.82) is 0 Å². The molecule has 0 saturated heterocycles. The number of nitrogens with two attached hydrogens (primary N) is 6. The van der Waals surface area contributed by atoms with Gasteiger partial charge in [-0.1, -0.05) is 79.7 Å². The highest BCUT2D eigenvalue weighted by atomic mass is 16.5. The van der Waals surface area contributed by atoms with E-state index in [2.05, 4.69) is 37.4 Å². The molecule has 9 heteroatoms. The lowest BCUT2D eigenvalue weighted by molar-refractivity contribution is 0.0526. The van der Waals surface area contributed by atoms with Gasteiger partial charge in [0, 0.05) is 78.2 Å². The van der Waals surface area contributed by atoms with Gasteiger partial charge in [-0.3, -0.25) is 0 Å². The molecule has 1 unspecified atom stereocenters. The summed E-state index contributed by atoms with van der Waals surface area (Å²) in [7, 11) is 0. The van der Waals surface area contributed by atoms with Crippen LogP contribution >= 0.6 is 0 Å². The van der Waals surface area contributed by atoms with Gasteiger partial charge in [0.25, 0.3) is 0 Å². The number of anilines is 7. The molecule has 7 aromatic carbocycles. The smallest absolute Gasteiger partial charge is 0.338 e. The third-order valence-corrected chi connectivity index (χ3v) is 8.38. The van der Waals surface area contributed by atoms with Gasteiger partial charge in [-0.25, -0.2) is 4.79 Å². The summed E-state index contributed by atoms with van der Waals surface area (Å²) < 4.78 is 4.79. The van der Waals surface area contributed by atoms with Gasteiger partial charge >= 0.3 is 5.97 Å². The Morgan fingerprint density at radius 1 is 0.519 bits per heavy atom. The van der Waals surface area contributed by atoms with Crippen LogP contribution in [0.3, 0.4) is 0 Å². The standard InChI is InChI=1S/C14H18N2.2C10H10N2.C9H11NO2/c1-3-10(2)16-14-9-8-13(15)11-6-4-5-7-12(11)14;2*11-9-5-6-10(12)8-4-2-1-3-7(8)9;1-2-12-9(11)7-3-5-8(10)6-4-7/h4-10,16H,3,15H2,1-2H3;2*1-6H,11-12H2;3-6H,2,10H2,1H3. The zero-order valence-corrected chi connectivity index (χ0v) is 30.0. The normalized spacial score (nSPS) is 10.8. The molecule has 0 aliphatic heterocycles.